The van der Waals surface area contributed by atoms with Crippen LogP contribution in [0.2, 0.25) is 0 Å². The van der Waals surface area contributed by atoms with E-state index in [9.17, 15) is 0 Å². The topological polar surface area (TPSA) is 42.2 Å². The number of hydrogen-bond acceptors (Lipinski definition) is 5. The Morgan fingerprint density at radius 3 is 2.94 bits per heavy atom. The van der Waals surface area contributed by atoms with E-state index in [2.05, 4.69) is 35.5 Å². The lowest BCUT2D eigenvalue weighted by Gasteiger charge is -2.33. The van der Waals surface area contributed by atoms with Crippen LogP contribution in [0.5, 0.6) is 0 Å². The molecule has 2 heterocycles. The zero-order chi connectivity index (χ0) is 11.5. The van der Waals surface area contributed by atoms with E-state index in [0.29, 0.717) is 5.13 Å². The molecule has 1 fully saturated rings. The summed E-state index contributed by atoms with van der Waals surface area (Å²) in [7, 11) is 0. The van der Waals surface area contributed by atoms with E-state index in [1.54, 1.807) is 11.3 Å². The van der Waals surface area contributed by atoms with Crippen molar-refractivity contribution in [2.75, 3.05) is 24.6 Å². The molecule has 1 aromatic rings. The van der Waals surface area contributed by atoms with Gasteiger partial charge in [-0.15, -0.1) is 23.7 Å². The number of nitrogens with two attached hydrogens (primary N) is 1. The van der Waals surface area contributed by atoms with Crippen molar-refractivity contribution >= 4 is 40.6 Å². The van der Waals surface area contributed by atoms with E-state index in [0.717, 1.165) is 17.7 Å². The van der Waals surface area contributed by atoms with Gasteiger partial charge in [-0.25, -0.2) is 4.98 Å². The molecule has 1 aromatic heterocycles. The van der Waals surface area contributed by atoms with Gasteiger partial charge in [0.15, 0.2) is 5.13 Å². The molecule has 2 N–H and O–H groups in total. The lowest BCUT2D eigenvalue weighted by Crippen LogP contribution is -2.39. The summed E-state index contributed by atoms with van der Waals surface area (Å²) in [6.45, 7) is 8.02. The quantitative estimate of drug-likeness (QED) is 0.930. The highest BCUT2D eigenvalue weighted by Gasteiger charge is 2.23. The van der Waals surface area contributed by atoms with Crippen LogP contribution < -0.4 is 5.73 Å². The first-order chi connectivity index (χ1) is 7.65. The van der Waals surface area contributed by atoms with Crippen LogP contribution >= 0.6 is 35.5 Å². The van der Waals surface area contributed by atoms with Gasteiger partial charge >= 0.3 is 0 Å². The Morgan fingerprint density at radius 2 is 2.35 bits per heavy atom. The predicted molar refractivity (Wildman–Crippen MR) is 80.1 cm³/mol. The maximum Gasteiger partial charge on any atom is 0.180 e. The second kappa shape index (κ2) is 6.83. The first kappa shape index (κ1) is 15.1. The fourth-order valence-corrected chi connectivity index (χ4v) is 3.99. The molecule has 98 valence electrons. The maximum atomic E-state index is 5.64. The van der Waals surface area contributed by atoms with Crippen molar-refractivity contribution in [1.29, 1.82) is 0 Å². The zero-order valence-electron chi connectivity index (χ0n) is 10.3. The van der Waals surface area contributed by atoms with Crippen molar-refractivity contribution in [3.8, 4) is 0 Å². The van der Waals surface area contributed by atoms with Gasteiger partial charge in [0.25, 0.3) is 0 Å². The van der Waals surface area contributed by atoms with Crippen molar-refractivity contribution in [3.05, 3.63) is 11.1 Å². The van der Waals surface area contributed by atoms with Crippen LogP contribution in [-0.2, 0) is 6.54 Å². The average molecular weight is 294 g/mol. The van der Waals surface area contributed by atoms with Crippen molar-refractivity contribution in [3.63, 3.8) is 0 Å². The number of anilines is 1. The molecular formula is C11H20ClN3S2. The molecule has 3 nitrogen and oxygen atoms in total. The number of rotatable bonds is 3. The normalized spacial score (nSPS) is 21.5. The molecule has 1 unspecified atom stereocenters. The van der Waals surface area contributed by atoms with Crippen LogP contribution in [0, 0.1) is 5.92 Å². The zero-order valence-corrected chi connectivity index (χ0v) is 12.7. The summed E-state index contributed by atoms with van der Waals surface area (Å²) < 4.78 is 0. The van der Waals surface area contributed by atoms with Gasteiger partial charge in [0, 0.05) is 41.7 Å². The molecule has 0 saturated carbocycles. The highest BCUT2D eigenvalue weighted by molar-refractivity contribution is 8.00. The highest BCUT2D eigenvalue weighted by Crippen LogP contribution is 2.26. The van der Waals surface area contributed by atoms with Gasteiger partial charge in [-0.3, -0.25) is 4.90 Å². The Morgan fingerprint density at radius 1 is 1.59 bits per heavy atom. The minimum absolute atomic E-state index is 0. The third-order valence-corrected chi connectivity index (χ3v) is 5.22. The number of thioether (sulfide) groups is 1. The van der Waals surface area contributed by atoms with Gasteiger partial charge < -0.3 is 5.73 Å². The molecule has 0 amide bonds. The fraction of sp³-hybridized carbons (Fsp3) is 0.727. The van der Waals surface area contributed by atoms with Crippen LogP contribution in [0.3, 0.4) is 0 Å². The molecule has 0 radical (unpaired) electrons. The first-order valence-corrected chi connectivity index (χ1v) is 7.56. The van der Waals surface area contributed by atoms with Crippen molar-refractivity contribution in [2.24, 2.45) is 5.92 Å². The Balaban J connectivity index is 0.00000144. The largest absolute Gasteiger partial charge is 0.375 e. The molecule has 0 spiro atoms. The van der Waals surface area contributed by atoms with Gasteiger partial charge in [0.1, 0.15) is 0 Å². The molecule has 1 saturated heterocycles. The van der Waals surface area contributed by atoms with Gasteiger partial charge in [0.2, 0.25) is 0 Å². The van der Waals surface area contributed by atoms with E-state index < -0.39 is 0 Å². The summed E-state index contributed by atoms with van der Waals surface area (Å²) in [5.41, 5.74) is 5.64. The SMILES string of the molecule is CC(C)C1CN(Cc2cnc(N)s2)CCS1.Cl. The number of nitrogens with zero attached hydrogens (tertiary/aromatic N) is 2. The summed E-state index contributed by atoms with van der Waals surface area (Å²) in [4.78, 5) is 7.91. The standard InChI is InChI=1S/C11H19N3S2.ClH/c1-8(2)10-7-14(3-4-15-10)6-9-5-13-11(12)16-9;/h5,8,10H,3-4,6-7H2,1-2H3,(H2,12,13);1H. The van der Waals surface area contributed by atoms with Crippen molar-refractivity contribution < 1.29 is 0 Å². The molecule has 17 heavy (non-hydrogen) atoms. The molecule has 6 heteroatoms. The number of thiazole rings is 1. The molecule has 0 bridgehead atoms. The van der Waals surface area contributed by atoms with Gasteiger partial charge in [-0.2, -0.15) is 11.8 Å². The number of hydrogen-bond donors (Lipinski definition) is 1. The smallest absolute Gasteiger partial charge is 0.180 e. The van der Waals surface area contributed by atoms with Crippen LogP contribution in [-0.4, -0.2) is 34.0 Å². The second-order valence-electron chi connectivity index (χ2n) is 4.55. The average Bonchev–Trinajstić information content (AvgIpc) is 2.64. The third kappa shape index (κ3) is 4.32. The van der Waals surface area contributed by atoms with Crippen molar-refractivity contribution in [1.82, 2.24) is 9.88 Å². The molecule has 1 atom stereocenters. The Bertz CT molecular complexity index is 343. The molecule has 0 aliphatic carbocycles. The Hall–Kier alpha value is 0.0300. The summed E-state index contributed by atoms with van der Waals surface area (Å²) in [6.07, 6.45) is 1.91. The monoisotopic (exact) mass is 293 g/mol. The lowest BCUT2D eigenvalue weighted by atomic mass is 10.1. The van der Waals surface area contributed by atoms with E-state index >= 15 is 0 Å². The minimum Gasteiger partial charge on any atom is -0.375 e. The summed E-state index contributed by atoms with van der Waals surface area (Å²) in [5.74, 6) is 2.01. The number of nitrogen functional groups attached to an aromatic ring is 1. The van der Waals surface area contributed by atoms with Crippen molar-refractivity contribution in [2.45, 2.75) is 25.6 Å². The van der Waals surface area contributed by atoms with E-state index in [1.807, 2.05) is 6.20 Å². The third-order valence-electron chi connectivity index (χ3n) is 2.87. The van der Waals surface area contributed by atoms with E-state index in [1.165, 1.54) is 23.7 Å². The number of halogens is 1. The summed E-state index contributed by atoms with van der Waals surface area (Å²) in [5, 5.41) is 1.46. The lowest BCUT2D eigenvalue weighted by molar-refractivity contribution is 0.262. The maximum absolute atomic E-state index is 5.64. The minimum atomic E-state index is 0. The van der Waals surface area contributed by atoms with Gasteiger partial charge in [-0.05, 0) is 5.92 Å². The van der Waals surface area contributed by atoms with E-state index in [4.69, 9.17) is 5.73 Å². The second-order valence-corrected chi connectivity index (χ2v) is 7.05. The fourth-order valence-electron chi connectivity index (χ4n) is 1.89. The summed E-state index contributed by atoms with van der Waals surface area (Å²) >= 11 is 3.72. The van der Waals surface area contributed by atoms with Crippen LogP contribution in [0.1, 0.15) is 18.7 Å². The number of aromatic nitrogens is 1. The van der Waals surface area contributed by atoms with Gasteiger partial charge in [-0.1, -0.05) is 13.8 Å². The first-order valence-electron chi connectivity index (χ1n) is 5.69. The Kier molecular flexibility index (Phi) is 6.06. The predicted octanol–water partition coefficient (Wildman–Crippen LogP) is 2.72. The molecule has 2 rings (SSSR count). The van der Waals surface area contributed by atoms with Crippen LogP contribution in [0.25, 0.3) is 0 Å². The summed E-state index contributed by atoms with van der Waals surface area (Å²) in [6, 6.07) is 0. The van der Waals surface area contributed by atoms with Gasteiger partial charge in [0.05, 0.1) is 0 Å². The van der Waals surface area contributed by atoms with E-state index in [-0.39, 0.29) is 12.4 Å². The van der Waals surface area contributed by atoms with Crippen LogP contribution in [0.4, 0.5) is 5.13 Å². The highest BCUT2D eigenvalue weighted by atomic mass is 35.5. The molecule has 1 aliphatic heterocycles. The molecule has 0 aromatic carbocycles. The Labute approximate surface area is 118 Å². The molecular weight excluding hydrogens is 274 g/mol. The molecule has 1 aliphatic rings. The van der Waals surface area contributed by atoms with Crippen LogP contribution in [0.15, 0.2) is 6.20 Å².